The van der Waals surface area contributed by atoms with Crippen molar-refractivity contribution in [1.29, 1.82) is 0 Å². The van der Waals surface area contributed by atoms with Gasteiger partial charge in [-0.1, -0.05) is 6.07 Å². The quantitative estimate of drug-likeness (QED) is 0.582. The molecule has 1 aliphatic rings. The number of terminal acetylenes is 1. The van der Waals surface area contributed by atoms with Crippen molar-refractivity contribution in [2.24, 2.45) is 10.2 Å². The molecular formula is C18H16N2O3. The van der Waals surface area contributed by atoms with Gasteiger partial charge in [0.2, 0.25) is 0 Å². The van der Waals surface area contributed by atoms with Crippen LogP contribution in [0.1, 0.15) is 31.2 Å². The zero-order valence-corrected chi connectivity index (χ0v) is 12.6. The van der Waals surface area contributed by atoms with Crippen molar-refractivity contribution in [3.05, 3.63) is 46.3 Å². The summed E-state index contributed by atoms with van der Waals surface area (Å²) in [6.45, 7) is 0. The minimum Gasteiger partial charge on any atom is -0.423 e. The molecule has 1 aromatic heterocycles. The number of nitrogens with zero attached hydrogens (tertiary/aromatic N) is 2. The monoisotopic (exact) mass is 308 g/mol. The van der Waals surface area contributed by atoms with Crippen LogP contribution in [0.15, 0.2) is 49.8 Å². The molecule has 116 valence electrons. The Morgan fingerprint density at radius 1 is 1.22 bits per heavy atom. The topological polar surface area (TPSA) is 72.0 Å². The summed E-state index contributed by atoms with van der Waals surface area (Å²) in [5, 5.41) is 8.88. The van der Waals surface area contributed by atoms with Gasteiger partial charge >= 0.3 is 5.63 Å². The highest BCUT2D eigenvalue weighted by molar-refractivity contribution is 5.83. The van der Waals surface area contributed by atoms with Crippen LogP contribution in [-0.4, -0.2) is 11.4 Å². The van der Waals surface area contributed by atoms with Gasteiger partial charge in [0.25, 0.3) is 0 Å². The van der Waals surface area contributed by atoms with Crippen LogP contribution in [0.2, 0.25) is 0 Å². The highest BCUT2D eigenvalue weighted by Gasteiger charge is 2.39. The Kier molecular flexibility index (Phi) is 4.07. The third kappa shape index (κ3) is 3.72. The molecule has 0 unspecified atom stereocenters. The van der Waals surface area contributed by atoms with E-state index in [-0.39, 0.29) is 11.4 Å². The van der Waals surface area contributed by atoms with Crippen LogP contribution in [-0.2, 0) is 11.2 Å². The first kappa shape index (κ1) is 15.2. The molecule has 0 bridgehead atoms. The SMILES string of the molecule is C#CCCC1(CCC(=O)Cc2ccc3oc(=O)ccc3c2)N=N1. The van der Waals surface area contributed by atoms with Crippen LogP contribution < -0.4 is 5.63 Å². The highest BCUT2D eigenvalue weighted by Crippen LogP contribution is 2.37. The molecule has 1 aliphatic heterocycles. The lowest BCUT2D eigenvalue weighted by Gasteiger charge is -2.08. The first-order valence-electron chi connectivity index (χ1n) is 7.52. The minimum atomic E-state index is -0.408. The van der Waals surface area contributed by atoms with Gasteiger partial charge in [0.1, 0.15) is 11.4 Å². The summed E-state index contributed by atoms with van der Waals surface area (Å²) in [6, 6.07) is 8.48. The summed E-state index contributed by atoms with van der Waals surface area (Å²) in [6.07, 6.45) is 7.98. The molecule has 0 N–H and O–H groups in total. The fourth-order valence-electron chi connectivity index (χ4n) is 2.56. The van der Waals surface area contributed by atoms with Crippen LogP contribution >= 0.6 is 0 Å². The molecule has 3 rings (SSSR count). The predicted octanol–water partition coefficient (Wildman–Crippen LogP) is 3.26. The van der Waals surface area contributed by atoms with E-state index in [0.29, 0.717) is 37.7 Å². The smallest absolute Gasteiger partial charge is 0.336 e. The third-order valence-corrected chi connectivity index (χ3v) is 3.94. The lowest BCUT2D eigenvalue weighted by molar-refractivity contribution is -0.118. The van der Waals surface area contributed by atoms with Crippen molar-refractivity contribution in [3.63, 3.8) is 0 Å². The number of hydrogen-bond acceptors (Lipinski definition) is 5. The van der Waals surface area contributed by atoms with E-state index in [2.05, 4.69) is 16.1 Å². The first-order chi connectivity index (χ1) is 11.1. The van der Waals surface area contributed by atoms with Gasteiger partial charge in [-0.05, 0) is 23.8 Å². The Hall–Kier alpha value is -2.74. The average molecular weight is 308 g/mol. The number of benzene rings is 1. The van der Waals surface area contributed by atoms with E-state index < -0.39 is 5.66 Å². The number of ketones is 1. The molecule has 0 saturated heterocycles. The van der Waals surface area contributed by atoms with E-state index in [1.807, 2.05) is 12.1 Å². The maximum Gasteiger partial charge on any atom is 0.336 e. The van der Waals surface area contributed by atoms with Crippen LogP contribution in [0.5, 0.6) is 0 Å². The third-order valence-electron chi connectivity index (χ3n) is 3.94. The molecule has 0 spiro atoms. The summed E-state index contributed by atoms with van der Waals surface area (Å²) in [5.41, 5.74) is 0.640. The molecule has 23 heavy (non-hydrogen) atoms. The molecule has 2 heterocycles. The van der Waals surface area contributed by atoms with Crippen molar-refractivity contribution in [3.8, 4) is 12.3 Å². The summed E-state index contributed by atoms with van der Waals surface area (Å²) < 4.78 is 5.08. The minimum absolute atomic E-state index is 0.138. The van der Waals surface area contributed by atoms with Crippen LogP contribution in [0, 0.1) is 12.3 Å². The van der Waals surface area contributed by atoms with Gasteiger partial charge in [-0.15, -0.1) is 12.3 Å². The zero-order valence-electron chi connectivity index (χ0n) is 12.6. The van der Waals surface area contributed by atoms with Gasteiger partial charge in [0, 0.05) is 43.6 Å². The molecule has 0 saturated carbocycles. The molecular weight excluding hydrogens is 292 g/mol. The molecule has 2 aromatic rings. The van der Waals surface area contributed by atoms with Crippen LogP contribution in [0.4, 0.5) is 0 Å². The molecule has 0 atom stereocenters. The fourth-order valence-corrected chi connectivity index (χ4v) is 2.56. The standard InChI is InChI=1S/C18H16N2O3/c1-2-3-9-18(19-20-18)10-8-15(21)12-13-4-6-16-14(11-13)5-7-17(22)23-16/h1,4-7,11H,3,8-10,12H2. The largest absolute Gasteiger partial charge is 0.423 e. The van der Waals surface area contributed by atoms with E-state index in [1.165, 1.54) is 6.07 Å². The summed E-state index contributed by atoms with van der Waals surface area (Å²) in [5.74, 6) is 2.71. The average Bonchev–Trinajstić information content (AvgIpc) is 3.32. The highest BCUT2D eigenvalue weighted by atomic mass is 16.4. The van der Waals surface area contributed by atoms with Crippen LogP contribution in [0.25, 0.3) is 11.0 Å². The molecule has 0 aliphatic carbocycles. The number of carbonyl (C=O) groups excluding carboxylic acids is 1. The van der Waals surface area contributed by atoms with E-state index in [1.54, 1.807) is 12.1 Å². The van der Waals surface area contributed by atoms with E-state index in [9.17, 15) is 9.59 Å². The van der Waals surface area contributed by atoms with Gasteiger partial charge < -0.3 is 4.42 Å². The number of Topliss-reactive ketones (excluding diaryl/α,β-unsaturated/α-hetero) is 1. The van der Waals surface area contributed by atoms with Gasteiger partial charge in [-0.2, -0.15) is 10.2 Å². The van der Waals surface area contributed by atoms with Gasteiger partial charge in [0.05, 0.1) is 0 Å². The van der Waals surface area contributed by atoms with Crippen molar-refractivity contribution in [2.75, 3.05) is 0 Å². The number of hydrogen-bond donors (Lipinski definition) is 0. The molecule has 1 aromatic carbocycles. The molecule has 0 amide bonds. The summed E-state index contributed by atoms with van der Waals surface area (Å²) >= 11 is 0. The second-order valence-corrected chi connectivity index (χ2v) is 5.73. The maximum atomic E-state index is 12.2. The van der Waals surface area contributed by atoms with Gasteiger partial charge in [-0.3, -0.25) is 4.79 Å². The Balaban J connectivity index is 1.59. The number of carbonyl (C=O) groups is 1. The van der Waals surface area contributed by atoms with E-state index in [0.717, 1.165) is 10.9 Å². The predicted molar refractivity (Wildman–Crippen MR) is 86.1 cm³/mol. The zero-order chi connectivity index (χ0) is 16.3. The molecule has 0 radical (unpaired) electrons. The van der Waals surface area contributed by atoms with Crippen LogP contribution in [0.3, 0.4) is 0 Å². The Morgan fingerprint density at radius 3 is 2.78 bits per heavy atom. The lowest BCUT2D eigenvalue weighted by Crippen LogP contribution is -2.14. The van der Waals surface area contributed by atoms with Crippen molar-refractivity contribution in [1.82, 2.24) is 0 Å². The lowest BCUT2D eigenvalue weighted by atomic mass is 9.98. The van der Waals surface area contributed by atoms with Crippen molar-refractivity contribution in [2.45, 2.75) is 37.8 Å². The molecule has 5 heteroatoms. The van der Waals surface area contributed by atoms with E-state index in [4.69, 9.17) is 10.8 Å². The van der Waals surface area contributed by atoms with Gasteiger partial charge in [0.15, 0.2) is 5.66 Å². The summed E-state index contributed by atoms with van der Waals surface area (Å²) in [4.78, 5) is 23.3. The Morgan fingerprint density at radius 2 is 2.04 bits per heavy atom. The molecule has 0 fully saturated rings. The molecule has 5 nitrogen and oxygen atoms in total. The van der Waals surface area contributed by atoms with E-state index >= 15 is 0 Å². The maximum absolute atomic E-state index is 12.2. The number of rotatable bonds is 7. The normalized spacial score (nSPS) is 14.6. The Bertz CT molecular complexity index is 868. The van der Waals surface area contributed by atoms with Crippen molar-refractivity contribution >= 4 is 16.8 Å². The second-order valence-electron chi connectivity index (χ2n) is 5.73. The Labute approximate surface area is 133 Å². The first-order valence-corrected chi connectivity index (χ1v) is 7.52. The van der Waals surface area contributed by atoms with Gasteiger partial charge in [-0.25, -0.2) is 4.79 Å². The fraction of sp³-hybridized carbons (Fsp3) is 0.333. The second kappa shape index (κ2) is 6.17. The summed E-state index contributed by atoms with van der Waals surface area (Å²) in [7, 11) is 0. The number of fused-ring (bicyclic) bond motifs is 1. The van der Waals surface area contributed by atoms with Crippen molar-refractivity contribution < 1.29 is 9.21 Å².